The standard InChI is InChI=1S/C44H35N3O10/c1-2-25-55-40(49)35-37-41(50)57-38(29-13-7-4-8-14-29)36(28-11-5-3-6-12-28)46(37)39(30-19-23-32(48)24-20-30)44(35)33-15-9-10-16-34(33)45(42(44)51)43(52)56-26-27-17-21-31(22-18-27)47(53)54/h2-24,35-39,48H,1,25-26H2. The number of morpholine rings is 1. The lowest BCUT2D eigenvalue weighted by Crippen LogP contribution is -2.53. The van der Waals surface area contributed by atoms with E-state index in [9.17, 15) is 29.6 Å². The van der Waals surface area contributed by atoms with E-state index in [0.717, 1.165) is 10.5 Å². The zero-order valence-corrected chi connectivity index (χ0v) is 30.3. The molecule has 2 amide bonds. The maximum absolute atomic E-state index is 15.7. The molecule has 0 radical (unpaired) electrons. The van der Waals surface area contributed by atoms with Gasteiger partial charge in [-0.1, -0.05) is 104 Å². The van der Waals surface area contributed by atoms with Crippen LogP contribution in [0.3, 0.4) is 0 Å². The summed E-state index contributed by atoms with van der Waals surface area (Å²) in [7, 11) is 0. The molecule has 1 N–H and O–H groups in total. The number of nitro groups is 1. The number of ether oxygens (including phenoxy) is 3. The zero-order chi connectivity index (χ0) is 39.8. The largest absolute Gasteiger partial charge is 0.508 e. The van der Waals surface area contributed by atoms with Gasteiger partial charge in [-0.25, -0.2) is 9.69 Å². The average Bonchev–Trinajstić information content (AvgIpc) is 3.69. The van der Waals surface area contributed by atoms with Crippen LogP contribution in [0.2, 0.25) is 0 Å². The number of nitrogens with zero attached hydrogens (tertiary/aromatic N) is 3. The second-order valence-electron chi connectivity index (χ2n) is 13.9. The molecule has 2 fully saturated rings. The van der Waals surface area contributed by atoms with Crippen molar-refractivity contribution in [3.8, 4) is 5.75 Å². The summed E-state index contributed by atoms with van der Waals surface area (Å²) in [5, 5.41) is 21.7. The third-order valence-corrected chi connectivity index (χ3v) is 10.9. The van der Waals surface area contributed by atoms with Gasteiger partial charge in [0.2, 0.25) is 5.91 Å². The number of hydrogen-bond acceptors (Lipinski definition) is 11. The van der Waals surface area contributed by atoms with Crippen molar-refractivity contribution in [1.82, 2.24) is 4.90 Å². The van der Waals surface area contributed by atoms with Gasteiger partial charge in [0, 0.05) is 12.1 Å². The number of anilines is 1. The molecule has 5 aromatic carbocycles. The summed E-state index contributed by atoms with van der Waals surface area (Å²) in [6.45, 7) is 3.11. The Kier molecular flexibility index (Phi) is 9.59. The van der Waals surface area contributed by atoms with Crippen LogP contribution in [0.5, 0.6) is 5.75 Å². The molecule has 13 heteroatoms. The molecule has 6 unspecified atom stereocenters. The third-order valence-electron chi connectivity index (χ3n) is 10.9. The van der Waals surface area contributed by atoms with E-state index < -0.39 is 64.4 Å². The lowest BCUT2D eigenvalue weighted by molar-refractivity contribution is -0.384. The predicted octanol–water partition coefficient (Wildman–Crippen LogP) is 7.03. The van der Waals surface area contributed by atoms with Crippen LogP contribution in [-0.2, 0) is 40.6 Å². The minimum absolute atomic E-state index is 0.0567. The highest BCUT2D eigenvalue weighted by Gasteiger charge is 2.76. The second kappa shape index (κ2) is 14.8. The summed E-state index contributed by atoms with van der Waals surface area (Å²) in [4.78, 5) is 72.9. The van der Waals surface area contributed by atoms with E-state index in [1.54, 1.807) is 36.4 Å². The number of amides is 2. The number of benzene rings is 5. The van der Waals surface area contributed by atoms with Crippen LogP contribution in [-0.4, -0.2) is 51.5 Å². The van der Waals surface area contributed by atoms with Crippen LogP contribution >= 0.6 is 0 Å². The summed E-state index contributed by atoms with van der Waals surface area (Å²) >= 11 is 0. The molecule has 3 aliphatic rings. The Bertz CT molecular complexity index is 2370. The molecule has 0 saturated carbocycles. The number of phenolic OH excluding ortho intramolecular Hbond substituents is 1. The van der Waals surface area contributed by atoms with E-state index in [2.05, 4.69) is 6.58 Å². The average molecular weight is 766 g/mol. The highest BCUT2D eigenvalue weighted by Crippen LogP contribution is 2.66. The fourth-order valence-corrected chi connectivity index (χ4v) is 8.62. The molecular formula is C44H35N3O10. The molecule has 2 saturated heterocycles. The molecule has 6 atom stereocenters. The highest BCUT2D eigenvalue weighted by molar-refractivity contribution is 6.23. The molecule has 1 spiro atoms. The molecule has 3 heterocycles. The van der Waals surface area contributed by atoms with E-state index in [0.29, 0.717) is 16.7 Å². The van der Waals surface area contributed by atoms with Crippen LogP contribution in [0.25, 0.3) is 0 Å². The van der Waals surface area contributed by atoms with Crippen molar-refractivity contribution in [3.63, 3.8) is 0 Å². The van der Waals surface area contributed by atoms with E-state index in [-0.39, 0.29) is 35.9 Å². The fourth-order valence-electron chi connectivity index (χ4n) is 8.62. The van der Waals surface area contributed by atoms with Gasteiger partial charge in [0.05, 0.1) is 22.7 Å². The minimum atomic E-state index is -2.01. The van der Waals surface area contributed by atoms with Gasteiger partial charge in [0.1, 0.15) is 42.4 Å². The molecule has 8 rings (SSSR count). The van der Waals surface area contributed by atoms with Crippen LogP contribution < -0.4 is 4.90 Å². The third kappa shape index (κ3) is 6.08. The molecule has 13 nitrogen and oxygen atoms in total. The number of carbonyl (C=O) groups excluding carboxylic acids is 4. The van der Waals surface area contributed by atoms with Gasteiger partial charge >= 0.3 is 18.0 Å². The molecule has 0 aromatic heterocycles. The Labute approximate surface area is 326 Å². The smallest absolute Gasteiger partial charge is 0.421 e. The fraction of sp³-hybridized carbons (Fsp3) is 0.182. The number of nitro benzene ring substituents is 1. The van der Waals surface area contributed by atoms with Crippen molar-refractivity contribution in [3.05, 3.63) is 184 Å². The summed E-state index contributed by atoms with van der Waals surface area (Å²) in [5.74, 6) is -4.15. The minimum Gasteiger partial charge on any atom is -0.508 e. The number of phenols is 1. The van der Waals surface area contributed by atoms with Crippen molar-refractivity contribution in [2.45, 2.75) is 36.3 Å². The number of cyclic esters (lactones) is 1. The van der Waals surface area contributed by atoms with Gasteiger partial charge in [-0.05, 0) is 58.1 Å². The van der Waals surface area contributed by atoms with Gasteiger partial charge < -0.3 is 19.3 Å². The lowest BCUT2D eigenvalue weighted by Gasteiger charge is -2.46. The topological polar surface area (TPSA) is 166 Å². The molecule has 0 aliphatic carbocycles. The first-order chi connectivity index (χ1) is 27.7. The number of aromatic hydroxyl groups is 1. The Morgan fingerprint density at radius 2 is 1.44 bits per heavy atom. The number of esters is 2. The number of hydrogen-bond donors (Lipinski definition) is 1. The van der Waals surface area contributed by atoms with Crippen LogP contribution in [0, 0.1) is 16.0 Å². The number of fused-ring (bicyclic) bond motifs is 3. The van der Waals surface area contributed by atoms with E-state index in [4.69, 9.17) is 14.2 Å². The van der Waals surface area contributed by atoms with E-state index in [1.165, 1.54) is 42.5 Å². The normalized spacial score (nSPS) is 23.6. The van der Waals surface area contributed by atoms with Crippen molar-refractivity contribution >= 4 is 35.3 Å². The Morgan fingerprint density at radius 3 is 2.09 bits per heavy atom. The summed E-state index contributed by atoms with van der Waals surface area (Å²) < 4.78 is 17.8. The van der Waals surface area contributed by atoms with Crippen molar-refractivity contribution < 1.29 is 43.4 Å². The molecule has 286 valence electrons. The first-order valence-corrected chi connectivity index (χ1v) is 18.1. The Morgan fingerprint density at radius 1 is 0.807 bits per heavy atom. The highest BCUT2D eigenvalue weighted by atomic mass is 16.6. The first kappa shape index (κ1) is 36.8. The number of rotatable bonds is 9. The number of imide groups is 1. The van der Waals surface area contributed by atoms with E-state index in [1.807, 2.05) is 65.6 Å². The van der Waals surface area contributed by atoms with Gasteiger partial charge in [0.25, 0.3) is 5.69 Å². The quantitative estimate of drug-likeness (QED) is 0.0538. The van der Waals surface area contributed by atoms with Gasteiger partial charge in [0.15, 0.2) is 0 Å². The molecule has 0 bridgehead atoms. The molecule has 57 heavy (non-hydrogen) atoms. The SMILES string of the molecule is C=CCOC(=O)C1C2C(=O)OC(c3ccccc3)C(c3ccccc3)N2C(c2ccc(O)cc2)C12C(=O)N(C(=O)OCc1ccc([N+](=O)[O-])cc1)c1ccccc12. The van der Waals surface area contributed by atoms with Gasteiger partial charge in [-0.15, -0.1) is 0 Å². The monoisotopic (exact) mass is 765 g/mol. The lowest BCUT2D eigenvalue weighted by atomic mass is 9.65. The van der Waals surface area contributed by atoms with Crippen LogP contribution in [0.1, 0.15) is 46.0 Å². The zero-order valence-electron chi connectivity index (χ0n) is 30.3. The maximum atomic E-state index is 15.7. The van der Waals surface area contributed by atoms with Gasteiger partial charge in [-0.2, -0.15) is 0 Å². The molecule has 5 aromatic rings. The number of para-hydroxylation sites is 1. The first-order valence-electron chi connectivity index (χ1n) is 18.1. The summed E-state index contributed by atoms with van der Waals surface area (Å²) in [6.07, 6.45) is -0.607. The van der Waals surface area contributed by atoms with Crippen LogP contribution in [0.15, 0.2) is 146 Å². The van der Waals surface area contributed by atoms with E-state index >= 15 is 4.79 Å². The van der Waals surface area contributed by atoms with Crippen LogP contribution in [0.4, 0.5) is 16.2 Å². The molecule has 3 aliphatic heterocycles. The van der Waals surface area contributed by atoms with Gasteiger partial charge in [-0.3, -0.25) is 29.4 Å². The summed E-state index contributed by atoms with van der Waals surface area (Å²) in [5.41, 5.74) is 0.519. The predicted molar refractivity (Wildman–Crippen MR) is 204 cm³/mol. The second-order valence-corrected chi connectivity index (χ2v) is 13.9. The van der Waals surface area contributed by atoms with Crippen molar-refractivity contribution in [2.24, 2.45) is 5.92 Å². The summed E-state index contributed by atoms with van der Waals surface area (Å²) in [6, 6.07) is 33.2. The number of non-ortho nitro benzene ring substituents is 1. The Balaban J connectivity index is 1.35. The van der Waals surface area contributed by atoms with Crippen molar-refractivity contribution in [1.29, 1.82) is 0 Å². The molecular weight excluding hydrogens is 730 g/mol. The number of carbonyl (C=O) groups is 4. The maximum Gasteiger partial charge on any atom is 0.421 e. The van der Waals surface area contributed by atoms with Crippen molar-refractivity contribution in [2.75, 3.05) is 11.5 Å². The Hall–Kier alpha value is -7.12.